The van der Waals surface area contributed by atoms with Gasteiger partial charge in [0, 0.05) is 29.6 Å². The number of hydrogen-bond acceptors (Lipinski definition) is 5. The number of carboxylic acids is 1. The molecule has 0 spiro atoms. The molecule has 0 saturated heterocycles. The van der Waals surface area contributed by atoms with Crippen LogP contribution in [0.2, 0.25) is 0 Å². The topological polar surface area (TPSA) is 97.7 Å². The summed E-state index contributed by atoms with van der Waals surface area (Å²) in [5.41, 5.74) is 12.5. The predicted molar refractivity (Wildman–Crippen MR) is 147 cm³/mol. The van der Waals surface area contributed by atoms with E-state index in [0.717, 1.165) is 45.5 Å². The van der Waals surface area contributed by atoms with Gasteiger partial charge in [-0.15, -0.1) is 0 Å². The van der Waals surface area contributed by atoms with Crippen molar-refractivity contribution in [2.24, 2.45) is 11.7 Å². The number of nitrogens with two attached hydrogens (primary N) is 1. The van der Waals surface area contributed by atoms with E-state index in [1.807, 2.05) is 30.3 Å². The number of benzene rings is 3. The molecule has 4 aromatic rings. The van der Waals surface area contributed by atoms with Crippen molar-refractivity contribution in [1.29, 1.82) is 0 Å². The summed E-state index contributed by atoms with van der Waals surface area (Å²) in [4.78, 5) is 11.6. The lowest BCUT2D eigenvalue weighted by Gasteiger charge is -2.15. The van der Waals surface area contributed by atoms with Crippen LogP contribution in [-0.2, 0) is 17.9 Å². The number of carbonyl (C=O) groups is 1. The van der Waals surface area contributed by atoms with Crippen molar-refractivity contribution in [2.75, 3.05) is 11.9 Å². The van der Waals surface area contributed by atoms with Gasteiger partial charge in [-0.1, -0.05) is 49.2 Å². The molecule has 1 unspecified atom stereocenters. The van der Waals surface area contributed by atoms with Gasteiger partial charge in [0.1, 0.15) is 12.4 Å². The molecule has 1 aliphatic rings. The van der Waals surface area contributed by atoms with Crippen LogP contribution in [0.25, 0.3) is 22.1 Å². The zero-order valence-corrected chi connectivity index (χ0v) is 21.2. The Labute approximate surface area is 217 Å². The molecular formula is C31H34N2O4. The molecule has 0 radical (unpaired) electrons. The van der Waals surface area contributed by atoms with Gasteiger partial charge in [0.15, 0.2) is 5.58 Å². The van der Waals surface area contributed by atoms with Crippen LogP contribution in [0.4, 0.5) is 5.69 Å². The molecule has 1 heterocycles. The predicted octanol–water partition coefficient (Wildman–Crippen LogP) is 6.93. The number of para-hydroxylation sites is 1. The molecule has 1 atom stereocenters. The summed E-state index contributed by atoms with van der Waals surface area (Å²) < 4.78 is 12.2. The second kappa shape index (κ2) is 11.1. The fourth-order valence-electron chi connectivity index (χ4n) is 5.20. The Morgan fingerprint density at radius 1 is 1.11 bits per heavy atom. The number of ether oxygens (including phenoxy) is 1. The zero-order valence-electron chi connectivity index (χ0n) is 21.2. The van der Waals surface area contributed by atoms with E-state index in [9.17, 15) is 9.90 Å². The molecule has 1 aliphatic carbocycles. The van der Waals surface area contributed by atoms with Crippen LogP contribution in [0.3, 0.4) is 0 Å². The summed E-state index contributed by atoms with van der Waals surface area (Å²) in [5, 5.41) is 14.2. The monoisotopic (exact) mass is 498 g/mol. The molecule has 1 fully saturated rings. The highest BCUT2D eigenvalue weighted by atomic mass is 16.5. The second-order valence-electron chi connectivity index (χ2n) is 9.98. The fraction of sp³-hybridized carbons (Fsp3) is 0.323. The van der Waals surface area contributed by atoms with Crippen molar-refractivity contribution in [3.8, 4) is 16.9 Å². The van der Waals surface area contributed by atoms with E-state index in [1.165, 1.54) is 25.7 Å². The van der Waals surface area contributed by atoms with Crippen molar-refractivity contribution >= 4 is 22.6 Å². The van der Waals surface area contributed by atoms with Gasteiger partial charge in [0.25, 0.3) is 0 Å². The van der Waals surface area contributed by atoms with E-state index in [1.54, 1.807) is 19.3 Å². The Morgan fingerprint density at radius 2 is 1.92 bits per heavy atom. The first-order chi connectivity index (χ1) is 18.0. The minimum atomic E-state index is -0.882. The highest BCUT2D eigenvalue weighted by Crippen LogP contribution is 2.36. The first kappa shape index (κ1) is 24.9. The quantitative estimate of drug-likeness (QED) is 0.219. The summed E-state index contributed by atoms with van der Waals surface area (Å²) >= 11 is 0. The minimum absolute atomic E-state index is 0.269. The molecule has 5 rings (SSSR count). The highest BCUT2D eigenvalue weighted by Gasteiger charge is 2.20. The van der Waals surface area contributed by atoms with Crippen molar-refractivity contribution < 1.29 is 19.1 Å². The van der Waals surface area contributed by atoms with Gasteiger partial charge in [-0.2, -0.15) is 0 Å². The van der Waals surface area contributed by atoms with Gasteiger partial charge in [-0.05, 0) is 66.6 Å². The smallest absolute Gasteiger partial charge is 0.310 e. The maximum absolute atomic E-state index is 11.6. The molecule has 1 aromatic heterocycles. The van der Waals surface area contributed by atoms with Crippen molar-refractivity contribution in [1.82, 2.24) is 0 Å². The van der Waals surface area contributed by atoms with E-state index in [4.69, 9.17) is 14.9 Å². The Morgan fingerprint density at radius 3 is 2.70 bits per heavy atom. The number of hydrogen-bond donors (Lipinski definition) is 3. The maximum Gasteiger partial charge on any atom is 0.310 e. The standard InChI is InChI=1S/C31H34N2O4/c1-20(31(34)35)26-11-4-5-12-29(26)36-18-25-19-37-30-27(25)14-24(23-10-6-9-22(13-23)16-32)15-28(30)33-17-21-7-2-3-8-21/h4-6,9-15,19-21,33H,2-3,7-8,16-18,32H2,1H3,(H,34,35). The van der Waals surface area contributed by atoms with Crippen LogP contribution in [0.5, 0.6) is 5.75 Å². The molecule has 0 amide bonds. The number of anilines is 1. The average Bonchev–Trinajstić information content (AvgIpc) is 3.60. The van der Waals surface area contributed by atoms with Gasteiger partial charge in [-0.25, -0.2) is 0 Å². The largest absolute Gasteiger partial charge is 0.488 e. The third kappa shape index (κ3) is 5.49. The molecule has 6 nitrogen and oxygen atoms in total. The van der Waals surface area contributed by atoms with Crippen LogP contribution in [0.1, 0.15) is 55.2 Å². The fourth-order valence-corrected chi connectivity index (χ4v) is 5.20. The first-order valence-corrected chi connectivity index (χ1v) is 13.1. The van der Waals surface area contributed by atoms with Crippen molar-refractivity contribution in [3.63, 3.8) is 0 Å². The van der Waals surface area contributed by atoms with E-state index < -0.39 is 11.9 Å². The van der Waals surface area contributed by atoms with Gasteiger partial charge < -0.3 is 25.3 Å². The van der Waals surface area contributed by atoms with Crippen molar-refractivity contribution in [3.05, 3.63) is 83.6 Å². The molecular weight excluding hydrogens is 464 g/mol. The lowest BCUT2D eigenvalue weighted by Crippen LogP contribution is -2.11. The van der Waals surface area contributed by atoms with Crippen LogP contribution < -0.4 is 15.8 Å². The van der Waals surface area contributed by atoms with E-state index in [2.05, 4.69) is 29.6 Å². The summed E-state index contributed by atoms with van der Waals surface area (Å²) in [5.74, 6) is -0.292. The summed E-state index contributed by atoms with van der Waals surface area (Å²) in [6.45, 7) is 3.35. The highest BCUT2D eigenvalue weighted by molar-refractivity contribution is 5.96. The number of aliphatic carboxylic acids is 1. The minimum Gasteiger partial charge on any atom is -0.488 e. The van der Waals surface area contributed by atoms with E-state index in [-0.39, 0.29) is 6.61 Å². The normalized spacial score (nSPS) is 14.6. The number of fused-ring (bicyclic) bond motifs is 1. The van der Waals surface area contributed by atoms with Gasteiger partial charge in [-0.3, -0.25) is 4.79 Å². The first-order valence-electron chi connectivity index (χ1n) is 13.1. The Kier molecular flexibility index (Phi) is 7.47. The lowest BCUT2D eigenvalue weighted by molar-refractivity contribution is -0.138. The van der Waals surface area contributed by atoms with Crippen LogP contribution in [0.15, 0.2) is 71.3 Å². The molecule has 37 heavy (non-hydrogen) atoms. The Hall–Kier alpha value is -3.77. The molecule has 4 N–H and O–H groups in total. The van der Waals surface area contributed by atoms with Crippen LogP contribution >= 0.6 is 0 Å². The summed E-state index contributed by atoms with van der Waals surface area (Å²) in [7, 11) is 0. The molecule has 6 heteroatoms. The third-order valence-electron chi connectivity index (χ3n) is 7.44. The molecule has 0 bridgehead atoms. The maximum atomic E-state index is 11.6. The zero-order chi connectivity index (χ0) is 25.8. The average molecular weight is 499 g/mol. The lowest BCUT2D eigenvalue weighted by atomic mass is 9.99. The van der Waals surface area contributed by atoms with Gasteiger partial charge in [0.05, 0.1) is 17.9 Å². The molecule has 3 aromatic carbocycles. The van der Waals surface area contributed by atoms with Crippen LogP contribution in [-0.4, -0.2) is 17.6 Å². The number of carboxylic acid groups (broad SMARTS) is 1. The van der Waals surface area contributed by atoms with E-state index >= 15 is 0 Å². The number of furan rings is 1. The number of rotatable bonds is 10. The Bertz CT molecular complexity index is 1390. The van der Waals surface area contributed by atoms with Crippen LogP contribution in [0, 0.1) is 5.92 Å². The second-order valence-corrected chi connectivity index (χ2v) is 9.98. The SMILES string of the molecule is CC(C(=O)O)c1ccccc1OCc1coc2c(NCC3CCCC3)cc(-c3cccc(CN)c3)cc12. The molecule has 0 aliphatic heterocycles. The van der Waals surface area contributed by atoms with Gasteiger partial charge in [0.2, 0.25) is 0 Å². The third-order valence-corrected chi connectivity index (χ3v) is 7.44. The summed E-state index contributed by atoms with van der Waals surface area (Å²) in [6.07, 6.45) is 6.88. The van der Waals surface area contributed by atoms with E-state index in [0.29, 0.717) is 23.8 Å². The van der Waals surface area contributed by atoms with Crippen molar-refractivity contribution in [2.45, 2.75) is 51.7 Å². The van der Waals surface area contributed by atoms with Gasteiger partial charge >= 0.3 is 5.97 Å². The summed E-state index contributed by atoms with van der Waals surface area (Å²) in [6, 6.07) is 19.9. The number of nitrogens with one attached hydrogen (secondary N) is 1. The Balaban J connectivity index is 1.49. The molecule has 192 valence electrons. The molecule has 1 saturated carbocycles.